The van der Waals surface area contributed by atoms with Gasteiger partial charge in [0, 0.05) is 0 Å². The Bertz CT molecular complexity index is 567. The number of nitrogens with one attached hydrogen (secondary N) is 1. The zero-order valence-electron chi connectivity index (χ0n) is 7.10. The van der Waals surface area contributed by atoms with Crippen LogP contribution in [0.3, 0.4) is 0 Å². The third-order valence-electron chi connectivity index (χ3n) is 2.09. The number of hydrogen-bond acceptors (Lipinski definition) is 5. The Hall–Kier alpha value is -2.31. The van der Waals surface area contributed by atoms with Crippen LogP contribution < -0.4 is 17.0 Å². The molecular weight excluding hydrogens is 186 g/mol. The van der Waals surface area contributed by atoms with E-state index in [1.807, 2.05) is 0 Å². The van der Waals surface area contributed by atoms with Crippen LogP contribution in [0.1, 0.15) is 0 Å². The Morgan fingerprint density at radius 1 is 1.14 bits per heavy atom. The first-order chi connectivity index (χ1) is 6.54. The molecule has 0 aliphatic rings. The van der Waals surface area contributed by atoms with Crippen molar-refractivity contribution in [1.29, 1.82) is 5.41 Å². The van der Waals surface area contributed by atoms with Gasteiger partial charge in [0.1, 0.15) is 5.52 Å². The molecule has 0 aliphatic carbocycles. The molecule has 0 bridgehead atoms. The Morgan fingerprint density at radius 3 is 2.43 bits per heavy atom. The third kappa shape index (κ3) is 0.777. The fraction of sp³-hybridized carbons (Fsp3) is 0. The first-order valence-electron chi connectivity index (χ1n) is 3.79. The summed E-state index contributed by atoms with van der Waals surface area (Å²) in [5.74, 6) is 0. The lowest BCUT2D eigenvalue weighted by Crippen LogP contribution is -2.19. The van der Waals surface area contributed by atoms with E-state index in [-0.39, 0.29) is 26.9 Å². The molecule has 0 spiro atoms. The molecule has 14 heavy (non-hydrogen) atoms. The summed E-state index contributed by atoms with van der Waals surface area (Å²) in [6.45, 7) is 0. The van der Waals surface area contributed by atoms with E-state index in [0.29, 0.717) is 10.5 Å². The molecule has 2 aromatic rings. The average molecular weight is 195 g/mol. The molecule has 0 atom stereocenters. The number of nitrogens with zero attached hydrogens (tertiary/aromatic N) is 2. The van der Waals surface area contributed by atoms with Crippen molar-refractivity contribution >= 4 is 22.3 Å². The highest BCUT2D eigenvalue weighted by molar-refractivity contribution is 5.95. The smallest absolute Gasteiger partial charge is 0.195 e. The second-order valence-electron chi connectivity index (χ2n) is 2.89. The Kier molecular flexibility index (Phi) is 1.39. The van der Waals surface area contributed by atoms with Crippen LogP contribution in [0.4, 0.5) is 11.4 Å². The zero-order valence-corrected chi connectivity index (χ0v) is 7.10. The van der Waals surface area contributed by atoms with Crippen LogP contribution in [0.25, 0.3) is 10.9 Å². The summed E-state index contributed by atoms with van der Waals surface area (Å²) in [5.41, 5.74) is 11.5. The van der Waals surface area contributed by atoms with Crippen molar-refractivity contribution in [3.05, 3.63) is 17.6 Å². The molecule has 0 aliphatic heterocycles. The van der Waals surface area contributed by atoms with Gasteiger partial charge in [-0.3, -0.25) is 5.41 Å². The molecule has 7 heteroatoms. The molecule has 0 amide bonds. The van der Waals surface area contributed by atoms with Crippen molar-refractivity contribution in [2.75, 3.05) is 11.5 Å². The van der Waals surface area contributed by atoms with Crippen molar-refractivity contribution < 1.29 is 10.4 Å². The highest BCUT2D eigenvalue weighted by Gasteiger charge is 2.13. The fourth-order valence-corrected chi connectivity index (χ4v) is 1.34. The summed E-state index contributed by atoms with van der Waals surface area (Å²) in [6, 6.07) is 2.95. The van der Waals surface area contributed by atoms with E-state index < -0.39 is 0 Å². The highest BCUT2D eigenvalue weighted by Crippen LogP contribution is 2.23. The lowest BCUT2D eigenvalue weighted by atomic mass is 10.2. The lowest BCUT2D eigenvalue weighted by molar-refractivity contribution is -0.0104. The highest BCUT2D eigenvalue weighted by atomic mass is 16.6. The minimum Gasteiger partial charge on any atom is -0.410 e. The predicted molar refractivity (Wildman–Crippen MR) is 49.0 cm³/mol. The molecule has 7 N–H and O–H groups in total. The average Bonchev–Trinajstić information content (AvgIpc) is 2.38. The van der Waals surface area contributed by atoms with E-state index >= 15 is 0 Å². The Balaban J connectivity index is 3.11. The van der Waals surface area contributed by atoms with Crippen LogP contribution in [-0.4, -0.2) is 20.1 Å². The molecule has 0 unspecified atom stereocenters. The maximum absolute atomic E-state index is 9.31. The number of anilines is 2. The Morgan fingerprint density at radius 2 is 1.79 bits per heavy atom. The molecule has 0 fully saturated rings. The van der Waals surface area contributed by atoms with Gasteiger partial charge in [0.25, 0.3) is 0 Å². The van der Waals surface area contributed by atoms with E-state index in [0.717, 1.165) is 0 Å². The normalized spacial score (nSPS) is 10.9. The Labute approximate surface area is 77.8 Å². The second-order valence-corrected chi connectivity index (χ2v) is 2.89. The molecule has 0 radical (unpaired) electrons. The van der Waals surface area contributed by atoms with Crippen LogP contribution in [0, 0.1) is 5.41 Å². The van der Waals surface area contributed by atoms with E-state index in [1.54, 1.807) is 0 Å². The number of fused-ring (bicyclic) bond motifs is 1. The number of hydrogen-bond donors (Lipinski definition) is 5. The third-order valence-corrected chi connectivity index (χ3v) is 2.09. The van der Waals surface area contributed by atoms with E-state index in [1.165, 1.54) is 12.1 Å². The van der Waals surface area contributed by atoms with Gasteiger partial charge in [0.2, 0.25) is 0 Å². The van der Waals surface area contributed by atoms with Crippen molar-refractivity contribution in [3.63, 3.8) is 0 Å². The second kappa shape index (κ2) is 2.34. The van der Waals surface area contributed by atoms with Gasteiger partial charge in [-0.15, -0.1) is 0 Å². The van der Waals surface area contributed by atoms with Crippen LogP contribution in [0.5, 0.6) is 0 Å². The van der Waals surface area contributed by atoms with Crippen molar-refractivity contribution in [2.24, 2.45) is 0 Å². The molecular formula is C7H9N5O2. The summed E-state index contributed by atoms with van der Waals surface area (Å²) in [4.78, 5) is 0.702. The molecule has 2 rings (SSSR count). The first kappa shape index (κ1) is 8.30. The first-order valence-corrected chi connectivity index (χ1v) is 3.79. The summed E-state index contributed by atoms with van der Waals surface area (Å²) in [7, 11) is 0. The molecule has 1 aromatic heterocycles. The lowest BCUT2D eigenvalue weighted by Gasteiger charge is -1.99. The van der Waals surface area contributed by atoms with Crippen molar-refractivity contribution in [2.45, 2.75) is 0 Å². The monoisotopic (exact) mass is 195 g/mol. The standard InChI is InChI=1S/C7H9N5O2/c8-3-1-2-4-5(6(3)9)7(10)12(14)11(4)13/h1-2,10,13-14H,8-9H2. The van der Waals surface area contributed by atoms with Gasteiger partial charge in [0.05, 0.1) is 16.8 Å². The molecule has 1 heterocycles. The fourth-order valence-electron chi connectivity index (χ4n) is 1.34. The molecule has 1 aromatic carbocycles. The molecule has 0 saturated carbocycles. The number of nitrogen functional groups attached to an aromatic ring is 2. The molecule has 0 saturated heterocycles. The number of aromatic nitrogens is 2. The number of nitrogens with two attached hydrogens (primary N) is 2. The van der Waals surface area contributed by atoms with E-state index in [9.17, 15) is 10.4 Å². The number of benzene rings is 1. The van der Waals surface area contributed by atoms with Gasteiger partial charge < -0.3 is 21.9 Å². The summed E-state index contributed by atoms with van der Waals surface area (Å²) < 4.78 is 0. The van der Waals surface area contributed by atoms with Crippen LogP contribution in [0.15, 0.2) is 12.1 Å². The quantitative estimate of drug-likeness (QED) is 0.288. The minimum atomic E-state index is -0.313. The zero-order chi connectivity index (χ0) is 10.5. The van der Waals surface area contributed by atoms with Crippen LogP contribution in [0.2, 0.25) is 0 Å². The van der Waals surface area contributed by atoms with Crippen molar-refractivity contribution in [3.8, 4) is 0 Å². The summed E-state index contributed by atoms with van der Waals surface area (Å²) >= 11 is 0. The maximum Gasteiger partial charge on any atom is 0.195 e. The van der Waals surface area contributed by atoms with E-state index in [4.69, 9.17) is 16.9 Å². The van der Waals surface area contributed by atoms with Gasteiger partial charge in [-0.1, -0.05) is 9.69 Å². The van der Waals surface area contributed by atoms with Crippen LogP contribution in [-0.2, 0) is 0 Å². The van der Waals surface area contributed by atoms with Gasteiger partial charge in [-0.2, -0.15) is 0 Å². The maximum atomic E-state index is 9.31. The van der Waals surface area contributed by atoms with Crippen LogP contribution >= 0.6 is 0 Å². The predicted octanol–water partition coefficient (Wildman–Crippen LogP) is -0.439. The van der Waals surface area contributed by atoms with Gasteiger partial charge in [-0.05, 0) is 12.1 Å². The SMILES string of the molecule is N=c1c2c(N)c(N)ccc2n(O)n1O. The van der Waals surface area contributed by atoms with Gasteiger partial charge in [-0.25, -0.2) is 0 Å². The van der Waals surface area contributed by atoms with E-state index in [2.05, 4.69) is 0 Å². The number of rotatable bonds is 0. The summed E-state index contributed by atoms with van der Waals surface area (Å²) in [6.07, 6.45) is 0. The minimum absolute atomic E-state index is 0.170. The topological polar surface area (TPSA) is 126 Å². The van der Waals surface area contributed by atoms with Gasteiger partial charge in [0.15, 0.2) is 5.49 Å². The molecule has 7 nitrogen and oxygen atoms in total. The molecule has 74 valence electrons. The largest absolute Gasteiger partial charge is 0.410 e. The summed E-state index contributed by atoms with van der Waals surface area (Å²) in [5, 5.41) is 26.2. The van der Waals surface area contributed by atoms with Crippen molar-refractivity contribution in [1.82, 2.24) is 9.69 Å². The van der Waals surface area contributed by atoms with Gasteiger partial charge >= 0.3 is 0 Å².